The summed E-state index contributed by atoms with van der Waals surface area (Å²) in [4.78, 5) is 2.41. The van der Waals surface area contributed by atoms with Gasteiger partial charge in [-0.05, 0) is 44.5 Å². The molecule has 2 aliphatic rings. The fourth-order valence-electron chi connectivity index (χ4n) is 3.46. The molecule has 1 N–H and O–H groups in total. The minimum Gasteiger partial charge on any atom is -0.487 e. The van der Waals surface area contributed by atoms with E-state index in [9.17, 15) is 9.50 Å². The SMILES string of the molecule is CCN1CCCC2(CC1)C[C@@H](O)c1ccc(F)cc1O2. The lowest BCUT2D eigenvalue weighted by Crippen LogP contribution is -2.42. The molecule has 3 nitrogen and oxygen atoms in total. The molecule has 2 aliphatic heterocycles. The fraction of sp³-hybridized carbons (Fsp3) is 0.625. The van der Waals surface area contributed by atoms with Crippen LogP contribution in [0.25, 0.3) is 0 Å². The summed E-state index contributed by atoms with van der Waals surface area (Å²) in [6.07, 6.45) is 2.95. The number of fused-ring (bicyclic) bond motifs is 1. The molecule has 1 unspecified atom stereocenters. The summed E-state index contributed by atoms with van der Waals surface area (Å²) in [5.41, 5.74) is 0.387. The first-order valence-electron chi connectivity index (χ1n) is 7.51. The van der Waals surface area contributed by atoms with Crippen molar-refractivity contribution in [2.75, 3.05) is 19.6 Å². The highest BCUT2D eigenvalue weighted by molar-refractivity contribution is 5.38. The standard InChI is InChI=1S/C16H22FNO2/c1-2-18-8-3-6-16(7-9-18)11-14(19)13-5-4-12(17)10-15(13)20-16/h4-5,10,14,19H,2-3,6-9,11H2,1H3/t14-,16?/m1/s1. The molecule has 1 fully saturated rings. The Bertz CT molecular complexity index is 493. The van der Waals surface area contributed by atoms with Gasteiger partial charge in [-0.2, -0.15) is 0 Å². The number of hydrogen-bond acceptors (Lipinski definition) is 3. The van der Waals surface area contributed by atoms with Crippen LogP contribution in [-0.4, -0.2) is 35.2 Å². The number of hydrogen-bond donors (Lipinski definition) is 1. The second kappa shape index (κ2) is 5.34. The molecule has 2 atom stereocenters. The van der Waals surface area contributed by atoms with E-state index in [-0.39, 0.29) is 11.4 Å². The average Bonchev–Trinajstić information content (AvgIpc) is 2.60. The van der Waals surface area contributed by atoms with Crippen LogP contribution in [-0.2, 0) is 0 Å². The van der Waals surface area contributed by atoms with Gasteiger partial charge in [-0.3, -0.25) is 0 Å². The fourth-order valence-corrected chi connectivity index (χ4v) is 3.46. The second-order valence-corrected chi connectivity index (χ2v) is 5.97. The van der Waals surface area contributed by atoms with E-state index < -0.39 is 6.10 Å². The Morgan fingerprint density at radius 3 is 3.05 bits per heavy atom. The monoisotopic (exact) mass is 279 g/mol. The number of halogens is 1. The Kier molecular flexibility index (Phi) is 3.69. The molecule has 0 saturated carbocycles. The Balaban J connectivity index is 1.86. The lowest BCUT2D eigenvalue weighted by molar-refractivity contribution is -0.0240. The summed E-state index contributed by atoms with van der Waals surface area (Å²) in [6.45, 7) is 5.27. The minimum absolute atomic E-state index is 0.309. The van der Waals surface area contributed by atoms with Gasteiger partial charge < -0.3 is 14.7 Å². The highest BCUT2D eigenvalue weighted by atomic mass is 19.1. The van der Waals surface area contributed by atoms with Crippen molar-refractivity contribution in [3.8, 4) is 5.75 Å². The number of aliphatic hydroxyl groups excluding tert-OH is 1. The van der Waals surface area contributed by atoms with Gasteiger partial charge in [0.25, 0.3) is 0 Å². The Morgan fingerprint density at radius 1 is 1.40 bits per heavy atom. The molecular formula is C16H22FNO2. The van der Waals surface area contributed by atoms with Crippen molar-refractivity contribution in [2.45, 2.75) is 44.3 Å². The normalized spacial score (nSPS) is 30.6. The van der Waals surface area contributed by atoms with E-state index in [1.807, 2.05) is 0 Å². The number of benzene rings is 1. The van der Waals surface area contributed by atoms with E-state index in [4.69, 9.17) is 4.74 Å². The summed E-state index contributed by atoms with van der Waals surface area (Å²) in [5.74, 6) is 0.213. The number of aliphatic hydroxyl groups is 1. The lowest BCUT2D eigenvalue weighted by Gasteiger charge is -2.40. The van der Waals surface area contributed by atoms with Crippen LogP contribution >= 0.6 is 0 Å². The first-order valence-corrected chi connectivity index (χ1v) is 7.51. The molecule has 4 heteroatoms. The van der Waals surface area contributed by atoms with Crippen LogP contribution in [0, 0.1) is 5.82 Å². The summed E-state index contributed by atoms with van der Waals surface area (Å²) >= 11 is 0. The molecule has 0 aliphatic carbocycles. The largest absolute Gasteiger partial charge is 0.487 e. The zero-order chi connectivity index (χ0) is 14.2. The van der Waals surface area contributed by atoms with Gasteiger partial charge in [0.05, 0.1) is 6.10 Å². The molecule has 1 spiro atoms. The van der Waals surface area contributed by atoms with Crippen molar-refractivity contribution in [1.29, 1.82) is 0 Å². The summed E-state index contributed by atoms with van der Waals surface area (Å²) in [6, 6.07) is 4.43. The smallest absolute Gasteiger partial charge is 0.128 e. The van der Waals surface area contributed by atoms with Crippen LogP contribution < -0.4 is 4.74 Å². The van der Waals surface area contributed by atoms with Crippen LogP contribution in [0.5, 0.6) is 5.75 Å². The average molecular weight is 279 g/mol. The maximum absolute atomic E-state index is 13.4. The van der Waals surface area contributed by atoms with Gasteiger partial charge >= 0.3 is 0 Å². The van der Waals surface area contributed by atoms with Crippen LogP contribution in [0.2, 0.25) is 0 Å². The zero-order valence-corrected chi connectivity index (χ0v) is 11.9. The topological polar surface area (TPSA) is 32.7 Å². The maximum atomic E-state index is 13.4. The molecular weight excluding hydrogens is 257 g/mol. The number of ether oxygens (including phenoxy) is 1. The van der Waals surface area contributed by atoms with Crippen LogP contribution in [0.4, 0.5) is 4.39 Å². The molecule has 0 bridgehead atoms. The van der Waals surface area contributed by atoms with E-state index in [1.165, 1.54) is 12.1 Å². The van der Waals surface area contributed by atoms with E-state index in [1.54, 1.807) is 6.07 Å². The molecule has 110 valence electrons. The molecule has 3 rings (SSSR count). The quantitative estimate of drug-likeness (QED) is 0.858. The van der Waals surface area contributed by atoms with E-state index in [0.29, 0.717) is 17.7 Å². The van der Waals surface area contributed by atoms with Crippen molar-refractivity contribution < 1.29 is 14.2 Å². The van der Waals surface area contributed by atoms with Crippen LogP contribution in [0.1, 0.15) is 44.3 Å². The highest BCUT2D eigenvalue weighted by Crippen LogP contribution is 2.44. The van der Waals surface area contributed by atoms with Crippen LogP contribution in [0.15, 0.2) is 18.2 Å². The predicted octanol–water partition coefficient (Wildman–Crippen LogP) is 2.89. The summed E-state index contributed by atoms with van der Waals surface area (Å²) in [7, 11) is 0. The van der Waals surface area contributed by atoms with Crippen molar-refractivity contribution in [3.63, 3.8) is 0 Å². The molecule has 20 heavy (non-hydrogen) atoms. The third-order valence-electron chi connectivity index (χ3n) is 4.66. The van der Waals surface area contributed by atoms with Crippen molar-refractivity contribution in [1.82, 2.24) is 4.90 Å². The van der Waals surface area contributed by atoms with E-state index in [2.05, 4.69) is 11.8 Å². The van der Waals surface area contributed by atoms with Gasteiger partial charge in [0.1, 0.15) is 17.2 Å². The van der Waals surface area contributed by atoms with Gasteiger partial charge in [-0.15, -0.1) is 0 Å². The number of likely N-dealkylation sites (tertiary alicyclic amines) is 1. The lowest BCUT2D eigenvalue weighted by atomic mass is 9.83. The molecule has 0 amide bonds. The third-order valence-corrected chi connectivity index (χ3v) is 4.66. The molecule has 1 saturated heterocycles. The third kappa shape index (κ3) is 2.54. The second-order valence-electron chi connectivity index (χ2n) is 5.97. The van der Waals surface area contributed by atoms with Gasteiger partial charge in [-0.1, -0.05) is 6.92 Å². The van der Waals surface area contributed by atoms with Crippen molar-refractivity contribution >= 4 is 0 Å². The van der Waals surface area contributed by atoms with Crippen molar-refractivity contribution in [2.24, 2.45) is 0 Å². The predicted molar refractivity (Wildman–Crippen MR) is 75.3 cm³/mol. The Labute approximate surface area is 119 Å². The van der Waals surface area contributed by atoms with Gasteiger partial charge in [0, 0.05) is 24.6 Å². The molecule has 0 radical (unpaired) electrons. The Morgan fingerprint density at radius 2 is 2.25 bits per heavy atom. The minimum atomic E-state index is -0.549. The number of nitrogens with zero attached hydrogens (tertiary/aromatic N) is 1. The highest BCUT2D eigenvalue weighted by Gasteiger charge is 2.41. The molecule has 0 aromatic heterocycles. The summed E-state index contributed by atoms with van der Waals surface area (Å²) < 4.78 is 19.6. The number of rotatable bonds is 1. The molecule has 2 heterocycles. The van der Waals surface area contributed by atoms with Crippen molar-refractivity contribution in [3.05, 3.63) is 29.6 Å². The first kappa shape index (κ1) is 13.8. The molecule has 1 aromatic carbocycles. The van der Waals surface area contributed by atoms with Gasteiger partial charge in [-0.25, -0.2) is 4.39 Å². The molecule has 1 aromatic rings. The first-order chi connectivity index (χ1) is 9.62. The zero-order valence-electron chi connectivity index (χ0n) is 11.9. The Hall–Kier alpha value is -1.13. The van der Waals surface area contributed by atoms with E-state index >= 15 is 0 Å². The maximum Gasteiger partial charge on any atom is 0.128 e. The van der Waals surface area contributed by atoms with Gasteiger partial charge in [0.15, 0.2) is 0 Å². The summed E-state index contributed by atoms with van der Waals surface area (Å²) in [5, 5.41) is 10.4. The van der Waals surface area contributed by atoms with Crippen LogP contribution in [0.3, 0.4) is 0 Å². The van der Waals surface area contributed by atoms with Gasteiger partial charge in [0.2, 0.25) is 0 Å². The van der Waals surface area contributed by atoms with E-state index in [0.717, 1.165) is 38.9 Å².